The zero-order valence-corrected chi connectivity index (χ0v) is 27.1. The Balaban J connectivity index is 0.934. The average molecular weight is 619 g/mol. The van der Waals surface area contributed by atoms with Gasteiger partial charge in [-0.05, 0) is 99.5 Å². The predicted molar refractivity (Wildman–Crippen MR) is 184 cm³/mol. The molecule has 0 unspecified atom stereocenters. The molecule has 2 heterocycles. The van der Waals surface area contributed by atoms with Crippen molar-refractivity contribution in [3.05, 3.63) is 114 Å². The van der Waals surface area contributed by atoms with Crippen LogP contribution in [0.3, 0.4) is 0 Å². The van der Waals surface area contributed by atoms with Crippen molar-refractivity contribution in [2.24, 2.45) is 5.92 Å². The number of nitrogens with zero attached hydrogens (tertiary/aromatic N) is 3. The molecule has 1 aromatic heterocycles. The number of benzene rings is 3. The van der Waals surface area contributed by atoms with Crippen molar-refractivity contribution in [2.45, 2.75) is 64.3 Å². The van der Waals surface area contributed by atoms with Crippen LogP contribution in [0.2, 0.25) is 0 Å². The summed E-state index contributed by atoms with van der Waals surface area (Å²) in [4.78, 5) is 21.9. The van der Waals surface area contributed by atoms with E-state index in [9.17, 15) is 4.79 Å². The van der Waals surface area contributed by atoms with E-state index in [0.29, 0.717) is 25.1 Å². The van der Waals surface area contributed by atoms with Gasteiger partial charge < -0.3 is 24.6 Å². The van der Waals surface area contributed by atoms with E-state index in [1.807, 2.05) is 55.5 Å². The first kappa shape index (κ1) is 31.6. The van der Waals surface area contributed by atoms with Gasteiger partial charge in [0.05, 0.1) is 0 Å². The monoisotopic (exact) mass is 618 g/mol. The van der Waals surface area contributed by atoms with Crippen LogP contribution in [-0.4, -0.2) is 54.7 Å². The standard InChI is InChI=1S/C39H46N4O3/c1-29-16-17-37(38(40-29)45-27-31-10-5-3-6-11-31)33-14-9-15-35(24-33)43-22-19-30(20-23-43)18-21-42(2)36-25-34(26-36)41-39(44)46-28-32-12-7-4-8-13-32/h3-17,24,30,34,36H,18-23,25-28H2,1-2H3,(H,41,44). The molecule has 0 atom stereocenters. The molecule has 1 saturated heterocycles. The highest BCUT2D eigenvalue weighted by molar-refractivity contribution is 5.72. The van der Waals surface area contributed by atoms with Crippen molar-refractivity contribution in [3.8, 4) is 17.0 Å². The molecule has 0 radical (unpaired) electrons. The van der Waals surface area contributed by atoms with Crippen LogP contribution >= 0.6 is 0 Å². The smallest absolute Gasteiger partial charge is 0.407 e. The van der Waals surface area contributed by atoms with E-state index in [-0.39, 0.29) is 12.1 Å². The van der Waals surface area contributed by atoms with Crippen LogP contribution in [0.4, 0.5) is 10.5 Å². The largest absolute Gasteiger partial charge is 0.472 e. The molecule has 2 fully saturated rings. The second-order valence-electron chi connectivity index (χ2n) is 12.9. The molecule has 0 bridgehead atoms. The molecule has 1 aliphatic carbocycles. The normalized spacial score (nSPS) is 18.2. The Kier molecular flexibility index (Phi) is 10.5. The first-order valence-corrected chi connectivity index (χ1v) is 16.7. The van der Waals surface area contributed by atoms with Gasteiger partial charge in [0.1, 0.15) is 13.2 Å². The number of pyridine rings is 1. The molecule has 1 amide bonds. The lowest BCUT2D eigenvalue weighted by Crippen LogP contribution is -2.53. The van der Waals surface area contributed by atoms with Crippen molar-refractivity contribution in [2.75, 3.05) is 31.6 Å². The molecule has 1 aliphatic heterocycles. The molecule has 7 nitrogen and oxygen atoms in total. The summed E-state index contributed by atoms with van der Waals surface area (Å²) in [7, 11) is 2.23. The van der Waals surface area contributed by atoms with Crippen molar-refractivity contribution in [3.63, 3.8) is 0 Å². The Labute approximate surface area is 273 Å². The number of piperidine rings is 1. The second kappa shape index (κ2) is 15.3. The summed E-state index contributed by atoms with van der Waals surface area (Å²) >= 11 is 0. The van der Waals surface area contributed by atoms with E-state index in [1.54, 1.807) is 0 Å². The zero-order valence-electron chi connectivity index (χ0n) is 27.1. The average Bonchev–Trinajstić information content (AvgIpc) is 3.08. The quantitative estimate of drug-likeness (QED) is 0.176. The van der Waals surface area contributed by atoms with Crippen LogP contribution in [0.15, 0.2) is 97.1 Å². The Morgan fingerprint density at radius 2 is 1.59 bits per heavy atom. The van der Waals surface area contributed by atoms with Crippen LogP contribution in [0.25, 0.3) is 11.1 Å². The number of hydrogen-bond acceptors (Lipinski definition) is 6. The number of aryl methyl sites for hydroxylation is 1. The highest BCUT2D eigenvalue weighted by atomic mass is 16.5. The number of carbonyl (C=O) groups excluding carboxylic acids is 1. The fourth-order valence-corrected chi connectivity index (χ4v) is 6.50. The molecular formula is C39H46N4O3. The summed E-state index contributed by atoms with van der Waals surface area (Å²) < 4.78 is 11.6. The number of ether oxygens (including phenoxy) is 2. The SMILES string of the molecule is Cc1ccc(-c2cccc(N3CCC(CCN(C)C4CC(NC(=O)OCc5ccccc5)C4)CC3)c2)c(OCc2ccccc2)n1. The molecule has 4 aromatic rings. The van der Waals surface area contributed by atoms with Gasteiger partial charge in [-0.1, -0.05) is 72.8 Å². The summed E-state index contributed by atoms with van der Waals surface area (Å²) in [6.45, 7) is 6.05. The number of alkyl carbamates (subject to hydrolysis) is 1. The molecule has 3 aromatic carbocycles. The lowest BCUT2D eigenvalue weighted by Gasteiger charge is -2.42. The van der Waals surface area contributed by atoms with Crippen molar-refractivity contribution in [1.29, 1.82) is 0 Å². The van der Waals surface area contributed by atoms with Crippen molar-refractivity contribution < 1.29 is 14.3 Å². The van der Waals surface area contributed by atoms with E-state index >= 15 is 0 Å². The molecule has 7 heteroatoms. The first-order chi connectivity index (χ1) is 22.5. The number of nitrogens with one attached hydrogen (secondary N) is 1. The molecule has 6 rings (SSSR count). The van der Waals surface area contributed by atoms with Gasteiger partial charge in [-0.25, -0.2) is 9.78 Å². The maximum absolute atomic E-state index is 12.2. The number of hydrogen-bond donors (Lipinski definition) is 1. The molecular weight excluding hydrogens is 572 g/mol. The maximum Gasteiger partial charge on any atom is 0.407 e. The van der Waals surface area contributed by atoms with Crippen LogP contribution in [-0.2, 0) is 18.0 Å². The fraction of sp³-hybridized carbons (Fsp3) is 0.385. The van der Waals surface area contributed by atoms with Gasteiger partial charge in [-0.15, -0.1) is 0 Å². The minimum absolute atomic E-state index is 0.205. The third kappa shape index (κ3) is 8.46. The number of aromatic nitrogens is 1. The summed E-state index contributed by atoms with van der Waals surface area (Å²) in [5, 5.41) is 3.03. The first-order valence-electron chi connectivity index (χ1n) is 16.7. The summed E-state index contributed by atoms with van der Waals surface area (Å²) in [6.07, 6.45) is 5.28. The van der Waals surface area contributed by atoms with Crippen LogP contribution in [0.5, 0.6) is 5.88 Å². The number of amides is 1. The lowest BCUT2D eigenvalue weighted by atomic mass is 9.85. The van der Waals surface area contributed by atoms with Gasteiger partial charge >= 0.3 is 6.09 Å². The van der Waals surface area contributed by atoms with Crippen LogP contribution in [0, 0.1) is 12.8 Å². The van der Waals surface area contributed by atoms with E-state index in [1.165, 1.54) is 24.9 Å². The highest BCUT2D eigenvalue weighted by Crippen LogP contribution is 2.34. The second-order valence-corrected chi connectivity index (χ2v) is 12.9. The van der Waals surface area contributed by atoms with Crippen LogP contribution < -0.4 is 15.0 Å². The van der Waals surface area contributed by atoms with E-state index < -0.39 is 0 Å². The minimum atomic E-state index is -0.320. The molecule has 2 aliphatic rings. The molecule has 1 saturated carbocycles. The summed E-state index contributed by atoms with van der Waals surface area (Å²) in [5.41, 5.74) is 6.50. The van der Waals surface area contributed by atoms with Gasteiger partial charge in [0.15, 0.2) is 0 Å². The van der Waals surface area contributed by atoms with E-state index in [0.717, 1.165) is 66.3 Å². The molecule has 240 valence electrons. The van der Waals surface area contributed by atoms with Gasteiger partial charge in [-0.2, -0.15) is 0 Å². The van der Waals surface area contributed by atoms with Gasteiger partial charge in [0.2, 0.25) is 5.88 Å². The number of anilines is 1. The van der Waals surface area contributed by atoms with Gasteiger partial charge in [0, 0.05) is 42.1 Å². The lowest BCUT2D eigenvalue weighted by molar-refractivity contribution is 0.0947. The topological polar surface area (TPSA) is 66.9 Å². The van der Waals surface area contributed by atoms with Crippen molar-refractivity contribution in [1.82, 2.24) is 15.2 Å². The minimum Gasteiger partial charge on any atom is -0.472 e. The van der Waals surface area contributed by atoms with Gasteiger partial charge in [0.25, 0.3) is 0 Å². The molecule has 46 heavy (non-hydrogen) atoms. The van der Waals surface area contributed by atoms with E-state index in [2.05, 4.69) is 70.7 Å². The molecule has 0 spiro atoms. The number of rotatable bonds is 12. The fourth-order valence-electron chi connectivity index (χ4n) is 6.50. The van der Waals surface area contributed by atoms with Crippen molar-refractivity contribution >= 4 is 11.8 Å². The third-order valence-corrected chi connectivity index (χ3v) is 9.52. The number of carbonyl (C=O) groups is 1. The Morgan fingerprint density at radius 3 is 2.30 bits per heavy atom. The van der Waals surface area contributed by atoms with Crippen LogP contribution in [0.1, 0.15) is 48.9 Å². The highest BCUT2D eigenvalue weighted by Gasteiger charge is 2.33. The zero-order chi connectivity index (χ0) is 31.7. The van der Waals surface area contributed by atoms with Gasteiger partial charge in [-0.3, -0.25) is 0 Å². The summed E-state index contributed by atoms with van der Waals surface area (Å²) in [5.74, 6) is 1.42. The third-order valence-electron chi connectivity index (χ3n) is 9.52. The molecule has 1 N–H and O–H groups in total. The predicted octanol–water partition coefficient (Wildman–Crippen LogP) is 7.63. The Bertz CT molecular complexity index is 1550. The Hall–Kier alpha value is -4.36. The van der Waals surface area contributed by atoms with E-state index in [4.69, 9.17) is 14.5 Å². The maximum atomic E-state index is 12.2. The Morgan fingerprint density at radius 1 is 0.891 bits per heavy atom. The summed E-state index contributed by atoms with van der Waals surface area (Å²) in [6, 6.07) is 33.8.